The van der Waals surface area contributed by atoms with E-state index in [2.05, 4.69) is 43.2 Å². The lowest BCUT2D eigenvalue weighted by Gasteiger charge is -2.27. The number of hydrogen-bond acceptors (Lipinski definition) is 3. The van der Waals surface area contributed by atoms with E-state index in [1.54, 1.807) is 0 Å². The van der Waals surface area contributed by atoms with E-state index >= 15 is 0 Å². The third-order valence-electron chi connectivity index (χ3n) is 3.60. The van der Waals surface area contributed by atoms with Crippen LogP contribution >= 0.6 is 31.9 Å². The van der Waals surface area contributed by atoms with E-state index in [0.717, 1.165) is 52.5 Å². The molecule has 0 spiro atoms. The van der Waals surface area contributed by atoms with Crippen LogP contribution in [-0.4, -0.2) is 23.9 Å². The van der Waals surface area contributed by atoms with Gasteiger partial charge in [-0.1, -0.05) is 15.9 Å². The second-order valence-corrected chi connectivity index (χ2v) is 6.98. The van der Waals surface area contributed by atoms with Crippen molar-refractivity contribution < 1.29 is 9.84 Å². The van der Waals surface area contributed by atoms with Crippen LogP contribution in [0.25, 0.3) is 0 Å². The Balaban J connectivity index is 2.04. The van der Waals surface area contributed by atoms with Gasteiger partial charge in [-0.25, -0.2) is 0 Å². The van der Waals surface area contributed by atoms with Crippen molar-refractivity contribution >= 4 is 31.9 Å². The van der Waals surface area contributed by atoms with Crippen LogP contribution in [0.1, 0.15) is 38.2 Å². The van der Waals surface area contributed by atoms with Crippen LogP contribution in [0, 0.1) is 0 Å². The van der Waals surface area contributed by atoms with E-state index in [-0.39, 0.29) is 6.10 Å². The molecule has 3 nitrogen and oxygen atoms in total. The van der Waals surface area contributed by atoms with Gasteiger partial charge in [0.2, 0.25) is 0 Å². The summed E-state index contributed by atoms with van der Waals surface area (Å²) in [5.41, 5.74) is 1.13. The van der Waals surface area contributed by atoms with Crippen molar-refractivity contribution in [3.63, 3.8) is 0 Å². The van der Waals surface area contributed by atoms with Gasteiger partial charge in [0.05, 0.1) is 17.2 Å². The fraction of sp³-hybridized carbons (Fsp3) is 0.600. The first-order valence-electron chi connectivity index (χ1n) is 7.12. The van der Waals surface area contributed by atoms with Gasteiger partial charge in [0.25, 0.3) is 0 Å². The summed E-state index contributed by atoms with van der Waals surface area (Å²) in [6.45, 7) is 3.39. The Hall–Kier alpha value is -0.100. The Labute approximate surface area is 137 Å². The van der Waals surface area contributed by atoms with Crippen LogP contribution in [-0.2, 0) is 6.54 Å². The fourth-order valence-electron chi connectivity index (χ4n) is 2.65. The second kappa shape index (κ2) is 7.78. The van der Waals surface area contributed by atoms with Crippen molar-refractivity contribution in [2.45, 2.75) is 51.3 Å². The predicted molar refractivity (Wildman–Crippen MR) is 88.1 cm³/mol. The molecule has 1 aliphatic carbocycles. The predicted octanol–water partition coefficient (Wildman–Crippen LogP) is 4.00. The molecule has 0 saturated heterocycles. The van der Waals surface area contributed by atoms with Gasteiger partial charge in [-0.2, -0.15) is 0 Å². The average molecular weight is 407 g/mol. The third kappa shape index (κ3) is 4.45. The molecule has 1 aromatic rings. The van der Waals surface area contributed by atoms with Crippen LogP contribution in [0.2, 0.25) is 0 Å². The van der Waals surface area contributed by atoms with E-state index in [4.69, 9.17) is 4.74 Å². The van der Waals surface area contributed by atoms with Crippen molar-refractivity contribution in [3.8, 4) is 5.75 Å². The summed E-state index contributed by atoms with van der Waals surface area (Å²) in [7, 11) is 0. The quantitative estimate of drug-likeness (QED) is 0.776. The van der Waals surface area contributed by atoms with Crippen molar-refractivity contribution in [2.75, 3.05) is 6.61 Å². The summed E-state index contributed by atoms with van der Waals surface area (Å²) >= 11 is 7.07. The maximum absolute atomic E-state index is 9.72. The minimum atomic E-state index is -0.151. The number of benzene rings is 1. The van der Waals surface area contributed by atoms with E-state index < -0.39 is 0 Å². The highest BCUT2D eigenvalue weighted by Crippen LogP contribution is 2.33. The molecular formula is C15H21Br2NO2. The first kappa shape index (κ1) is 16.3. The first-order chi connectivity index (χ1) is 9.60. The Morgan fingerprint density at radius 1 is 1.35 bits per heavy atom. The topological polar surface area (TPSA) is 41.5 Å². The minimum absolute atomic E-state index is 0.151. The lowest BCUT2D eigenvalue weighted by molar-refractivity contribution is 0.111. The van der Waals surface area contributed by atoms with Crippen molar-refractivity contribution in [3.05, 3.63) is 26.6 Å². The molecule has 112 valence electrons. The number of ether oxygens (including phenoxy) is 1. The highest BCUT2D eigenvalue weighted by atomic mass is 79.9. The molecule has 0 amide bonds. The highest BCUT2D eigenvalue weighted by Gasteiger charge is 2.20. The summed E-state index contributed by atoms with van der Waals surface area (Å²) in [4.78, 5) is 0. The zero-order valence-electron chi connectivity index (χ0n) is 11.7. The van der Waals surface area contributed by atoms with E-state index in [1.165, 1.54) is 0 Å². The van der Waals surface area contributed by atoms with Gasteiger partial charge in [0.15, 0.2) is 0 Å². The number of aliphatic hydroxyl groups is 1. The molecule has 0 bridgehead atoms. The molecule has 1 saturated carbocycles. The van der Waals surface area contributed by atoms with Gasteiger partial charge in [0.1, 0.15) is 5.75 Å². The third-order valence-corrected chi connectivity index (χ3v) is 4.65. The Morgan fingerprint density at radius 3 is 2.85 bits per heavy atom. The molecule has 5 heteroatoms. The molecule has 2 atom stereocenters. The van der Waals surface area contributed by atoms with E-state index in [0.29, 0.717) is 12.6 Å². The molecule has 2 unspecified atom stereocenters. The largest absolute Gasteiger partial charge is 0.492 e. The molecule has 1 fully saturated rings. The van der Waals surface area contributed by atoms with Crippen LogP contribution in [0.5, 0.6) is 5.75 Å². The maximum atomic E-state index is 9.72. The SMILES string of the molecule is CCOc1c(Br)cc(Br)cc1CNC1CCCC(O)C1. The minimum Gasteiger partial charge on any atom is -0.492 e. The summed E-state index contributed by atoms with van der Waals surface area (Å²) in [5.74, 6) is 0.902. The number of hydrogen-bond donors (Lipinski definition) is 2. The molecule has 2 rings (SSSR count). The lowest BCUT2D eigenvalue weighted by atomic mass is 9.93. The van der Waals surface area contributed by atoms with Gasteiger partial charge in [-0.3, -0.25) is 0 Å². The van der Waals surface area contributed by atoms with Crippen LogP contribution < -0.4 is 10.1 Å². The van der Waals surface area contributed by atoms with Crippen LogP contribution in [0.4, 0.5) is 0 Å². The Kier molecular flexibility index (Phi) is 6.33. The second-order valence-electron chi connectivity index (χ2n) is 5.21. The standard InChI is InChI=1S/C15H21Br2NO2/c1-2-20-15-10(6-11(16)7-14(15)17)9-18-12-4-3-5-13(19)8-12/h6-7,12-13,18-19H,2-5,8-9H2,1H3. The Morgan fingerprint density at radius 2 is 2.15 bits per heavy atom. The highest BCUT2D eigenvalue weighted by molar-refractivity contribution is 9.11. The van der Waals surface area contributed by atoms with Gasteiger partial charge in [0, 0.05) is 22.6 Å². The van der Waals surface area contributed by atoms with E-state index in [9.17, 15) is 5.11 Å². The monoisotopic (exact) mass is 405 g/mol. The number of aliphatic hydroxyl groups excluding tert-OH is 1. The molecule has 1 aromatic carbocycles. The zero-order valence-corrected chi connectivity index (χ0v) is 14.8. The first-order valence-corrected chi connectivity index (χ1v) is 8.71. The molecule has 0 heterocycles. The van der Waals surface area contributed by atoms with Crippen LogP contribution in [0.3, 0.4) is 0 Å². The molecule has 0 radical (unpaired) electrons. The smallest absolute Gasteiger partial charge is 0.138 e. The van der Waals surface area contributed by atoms with Gasteiger partial charge < -0.3 is 15.2 Å². The number of rotatable bonds is 5. The van der Waals surface area contributed by atoms with Crippen molar-refractivity contribution in [1.29, 1.82) is 0 Å². The summed E-state index contributed by atoms with van der Waals surface area (Å²) in [5, 5.41) is 13.3. The lowest BCUT2D eigenvalue weighted by Crippen LogP contribution is -2.35. The molecule has 20 heavy (non-hydrogen) atoms. The average Bonchev–Trinajstić information content (AvgIpc) is 2.40. The molecule has 2 N–H and O–H groups in total. The number of halogens is 2. The summed E-state index contributed by atoms with van der Waals surface area (Å²) in [6.07, 6.45) is 3.86. The molecule has 1 aliphatic rings. The van der Waals surface area contributed by atoms with E-state index in [1.807, 2.05) is 13.0 Å². The van der Waals surface area contributed by atoms with Gasteiger partial charge in [-0.05, 0) is 60.7 Å². The molecular weight excluding hydrogens is 386 g/mol. The van der Waals surface area contributed by atoms with Gasteiger partial charge in [-0.15, -0.1) is 0 Å². The van der Waals surface area contributed by atoms with Crippen molar-refractivity contribution in [2.24, 2.45) is 0 Å². The van der Waals surface area contributed by atoms with Gasteiger partial charge >= 0.3 is 0 Å². The number of nitrogens with one attached hydrogen (secondary N) is 1. The zero-order chi connectivity index (χ0) is 14.5. The Bertz CT molecular complexity index is 454. The summed E-state index contributed by atoms with van der Waals surface area (Å²) < 4.78 is 7.73. The normalized spacial score (nSPS) is 22.8. The summed E-state index contributed by atoms with van der Waals surface area (Å²) in [6, 6.07) is 4.48. The molecule has 0 aromatic heterocycles. The van der Waals surface area contributed by atoms with Crippen molar-refractivity contribution in [1.82, 2.24) is 5.32 Å². The maximum Gasteiger partial charge on any atom is 0.138 e. The molecule has 0 aliphatic heterocycles. The van der Waals surface area contributed by atoms with Crippen LogP contribution in [0.15, 0.2) is 21.1 Å². The fourth-order valence-corrected chi connectivity index (χ4v) is 4.08.